The Morgan fingerprint density at radius 3 is 1.05 bits per heavy atom. The van der Waals surface area contributed by atoms with E-state index in [9.17, 15) is 8.42 Å². The number of thiol groups is 1. The maximum Gasteiger partial charge on any atom is 0.300 e. The first-order valence-corrected chi connectivity index (χ1v) is 30.3. The van der Waals surface area contributed by atoms with Gasteiger partial charge in [-0.05, 0) is 155 Å². The fraction of sp³-hybridized carbons (Fsp3) is 0.694. The molecule has 484 valence electrons. The summed E-state index contributed by atoms with van der Waals surface area (Å²) in [6.07, 6.45) is 29.8. The summed E-state index contributed by atoms with van der Waals surface area (Å²) in [4.78, 5) is 24.1. The number of carbonyl (C=O) groups is 1. The number of hydrogen-bond acceptors (Lipinski definition) is 14. The molecular weight excluding hydrogens is 1090 g/mol. The minimum Gasteiger partial charge on any atom is -0.481 e. The van der Waals surface area contributed by atoms with Crippen molar-refractivity contribution in [2.75, 3.05) is 80.3 Å². The first kappa shape index (κ1) is 116. The molecule has 18 heteroatoms. The van der Waals surface area contributed by atoms with E-state index in [2.05, 4.69) is 184 Å². The second-order valence-electron chi connectivity index (χ2n) is 16.8. The number of nitrogens with two attached hydrogens (primary N) is 1. The third-order valence-corrected chi connectivity index (χ3v) is 7.62. The normalized spacial score (nSPS) is 13.8. The number of isothiocyanates is 1. The van der Waals surface area contributed by atoms with Crippen LogP contribution in [0, 0.1) is 10.8 Å². The quantitative estimate of drug-likeness (QED) is 0.0277. The monoisotopic (exact) mass is 1220 g/mol. The zero-order chi connectivity index (χ0) is 67.5. The Labute approximate surface area is 513 Å². The molecule has 0 aromatic heterocycles. The number of rotatable bonds is 6. The number of epoxide rings is 1. The van der Waals surface area contributed by atoms with E-state index in [1.54, 1.807) is 32.4 Å². The Hall–Kier alpha value is -3.12. The maximum atomic E-state index is 9.19. The molecule has 0 aromatic rings. The van der Waals surface area contributed by atoms with Crippen LogP contribution in [0.2, 0.25) is 0 Å². The van der Waals surface area contributed by atoms with Crippen LogP contribution in [0.3, 0.4) is 0 Å². The molecule has 2 unspecified atom stereocenters. The highest BCUT2D eigenvalue weighted by molar-refractivity contribution is 7.85. The van der Waals surface area contributed by atoms with Crippen molar-refractivity contribution in [1.82, 2.24) is 5.32 Å². The van der Waals surface area contributed by atoms with E-state index in [0.29, 0.717) is 28.2 Å². The van der Waals surface area contributed by atoms with Gasteiger partial charge in [-0.3, -0.25) is 9.35 Å². The lowest BCUT2D eigenvalue weighted by Crippen LogP contribution is -2.41. The van der Waals surface area contributed by atoms with Gasteiger partial charge in [0.25, 0.3) is 16.1 Å². The number of nitrogens with zero attached hydrogens (tertiary/aromatic N) is 2. The molecular formula is C62H131ClN4O10S3. The van der Waals surface area contributed by atoms with Gasteiger partial charge in [0, 0.05) is 56.6 Å². The second-order valence-corrected chi connectivity index (χ2v) is 19.1. The fourth-order valence-corrected chi connectivity index (χ4v) is 2.49. The van der Waals surface area contributed by atoms with Gasteiger partial charge in [-0.2, -0.15) is 21.0 Å². The molecule has 0 spiro atoms. The Bertz CT molecular complexity index is 1410. The highest BCUT2D eigenvalue weighted by Crippen LogP contribution is 2.34. The lowest BCUT2D eigenvalue weighted by molar-refractivity contribution is -0.134. The van der Waals surface area contributed by atoms with E-state index in [0.717, 1.165) is 59.5 Å². The molecule has 4 saturated heterocycles. The number of ether oxygens (including phenoxy) is 3. The molecule has 2 atom stereocenters. The van der Waals surface area contributed by atoms with Gasteiger partial charge < -0.3 is 35.5 Å². The van der Waals surface area contributed by atoms with Gasteiger partial charge in [0.2, 0.25) is 6.08 Å². The van der Waals surface area contributed by atoms with Crippen LogP contribution in [0.5, 0.6) is 0 Å². The summed E-state index contributed by atoms with van der Waals surface area (Å²) in [7, 11) is 1.81. The molecule has 4 heterocycles. The summed E-state index contributed by atoms with van der Waals surface area (Å²) in [6, 6.07) is 0.833. The van der Waals surface area contributed by atoms with Crippen LogP contribution < -0.4 is 11.1 Å². The summed E-state index contributed by atoms with van der Waals surface area (Å²) in [5.41, 5.74) is 8.17. The van der Waals surface area contributed by atoms with Gasteiger partial charge in [0.05, 0.1) is 50.6 Å². The summed E-state index contributed by atoms with van der Waals surface area (Å²) in [5, 5.41) is 20.3. The van der Waals surface area contributed by atoms with Crippen LogP contribution in [-0.4, -0.2) is 133 Å². The smallest absolute Gasteiger partial charge is 0.300 e. The number of unbranched alkanes of at least 4 members (excludes halogenated alkanes) is 1. The number of carboxylic acid groups (broad SMARTS) is 1. The minimum absolute atomic E-state index is 0.542. The first-order valence-electron chi connectivity index (χ1n) is 26.7. The Morgan fingerprint density at radius 1 is 0.800 bits per heavy atom. The zero-order valence-electron chi connectivity index (χ0n) is 56.5. The van der Waals surface area contributed by atoms with Crippen molar-refractivity contribution in [2.45, 2.75) is 196 Å². The van der Waals surface area contributed by atoms with E-state index in [-0.39, 0.29) is 0 Å². The number of carboxylic acids is 1. The third kappa shape index (κ3) is 285. The predicted octanol–water partition coefficient (Wildman–Crippen LogP) is 17.3. The van der Waals surface area contributed by atoms with Crippen molar-refractivity contribution in [1.29, 1.82) is 0 Å². The molecule has 0 amide bonds. The number of aliphatic carboxylic acids is 1. The fourth-order valence-electron chi connectivity index (χ4n) is 2.49. The maximum absolute atomic E-state index is 9.19. The summed E-state index contributed by atoms with van der Waals surface area (Å²) in [6.45, 7) is 62.1. The van der Waals surface area contributed by atoms with Crippen molar-refractivity contribution >= 4 is 63.8 Å². The van der Waals surface area contributed by atoms with Gasteiger partial charge in [-0.25, -0.2) is 14.8 Å². The van der Waals surface area contributed by atoms with Crippen molar-refractivity contribution < 1.29 is 47.0 Å². The van der Waals surface area contributed by atoms with Crippen molar-refractivity contribution in [3.63, 3.8) is 0 Å². The van der Waals surface area contributed by atoms with Gasteiger partial charge in [0.1, 0.15) is 0 Å². The molecule has 0 saturated carbocycles. The van der Waals surface area contributed by atoms with Gasteiger partial charge in [-0.15, -0.1) is 19.7 Å². The van der Waals surface area contributed by atoms with E-state index < -0.39 is 16.1 Å². The largest absolute Gasteiger partial charge is 0.481 e. The minimum atomic E-state index is -3.67. The van der Waals surface area contributed by atoms with Gasteiger partial charge in [-0.1, -0.05) is 132 Å². The average molecular weight is 1220 g/mol. The number of isocyanates is 1. The summed E-state index contributed by atoms with van der Waals surface area (Å²) in [5.74, 6) is -0.833. The topological polar surface area (TPSA) is 233 Å². The Morgan fingerprint density at radius 2 is 1.04 bits per heavy atom. The van der Waals surface area contributed by atoms with Crippen LogP contribution in [0.1, 0.15) is 184 Å². The number of aliphatic imine (C=N–C) groups is 2. The van der Waals surface area contributed by atoms with E-state index in [1.807, 2.05) is 67.5 Å². The highest BCUT2D eigenvalue weighted by Gasteiger charge is 2.34. The molecule has 4 rings (SSSR count). The van der Waals surface area contributed by atoms with E-state index in [1.165, 1.54) is 70.0 Å². The second kappa shape index (κ2) is 111. The number of aliphatic hydroxyl groups excluding tert-OH is 1. The van der Waals surface area contributed by atoms with Gasteiger partial charge in [0.15, 0.2) is 0 Å². The number of thiocarbonyl (C=S) groups is 1. The summed E-state index contributed by atoms with van der Waals surface area (Å²) >= 11 is 12.7. The molecule has 14 nitrogen and oxygen atoms in total. The number of aliphatic hydroxyl groups is 1. The number of nitrogens with one attached hydrogen (secondary N) is 1. The Kier molecular flexibility index (Phi) is 161. The molecule has 0 bridgehead atoms. The van der Waals surface area contributed by atoms with Gasteiger partial charge >= 0.3 is 0 Å². The number of hydrogen-bond donors (Lipinski definition) is 6. The molecule has 6 N–H and O–H groups in total. The first-order chi connectivity index (χ1) is 37.2. The van der Waals surface area contributed by atoms with Crippen LogP contribution in [0.25, 0.3) is 0 Å². The average Bonchev–Trinajstić information content (AvgIpc) is 4.35. The number of halogens is 1. The molecule has 80 heavy (non-hydrogen) atoms. The summed E-state index contributed by atoms with van der Waals surface area (Å²) < 4.78 is 40.7. The molecule has 0 radical (unpaired) electrons. The number of carbonyl (C=O) groups excluding carboxylic acids is 1. The molecule has 0 aromatic carbocycles. The molecule has 4 aliphatic heterocycles. The molecule has 4 aliphatic rings. The lowest BCUT2D eigenvalue weighted by Gasteiger charge is -2.39. The predicted molar refractivity (Wildman–Crippen MR) is 368 cm³/mol. The van der Waals surface area contributed by atoms with Crippen molar-refractivity contribution in [3.05, 3.63) is 97.2 Å². The van der Waals surface area contributed by atoms with Crippen molar-refractivity contribution in [3.8, 4) is 0 Å². The third-order valence-electron chi connectivity index (χ3n) is 7.44. The lowest BCUT2D eigenvalue weighted by atomic mass is 9.81. The SMILES string of the molecule is C/C=C/C.C/C=C/CC.C/C=C/CCC.C=C(C)C.C=C(C)Cl.C=CC.C=CC.CC(=O)O.CC1CN1.CC1CO1.CC=C(C)C.CCC1(C)COC1.CCC1(CC)COC1.CN.CN=C=O.CN=C=S.CO.CS.CS(=O)(=O)O. The highest BCUT2D eigenvalue weighted by atomic mass is 35.5. The van der Waals surface area contributed by atoms with Crippen LogP contribution in [0.4, 0.5) is 0 Å². The standard InChI is InChI=1S/C7H14O.C6H12O.C6H12.2C5H10.2C4H8.C3H5Cl.C3H7N.C3H6O.2C3H6.C2H3NO.C2H3NS.C2H4O2.CH5N.CH4O3S.CH4O.CH4S/c1-3-7(4-2)5-8-6-7;1-3-6(2)4-7-5-6;1-3-5-6-4-2;1-4-5(2)3;1-3-5-4-2;1-4(2)3;1-3-4-2;1-3(2)4;2*1-3-2-4-3;2*1-3-2;2*1-3-2-4;1-2(3)4;1-2;1-5(2,3)4;2*1-2/h3-6H2,1-2H3;3-5H2,1-2H3;3,5H,4,6H2,1-2H3;4H,1-3H3;3,5H,4H2,1-2H3;1H2,2-3H3;3-4H,1-2H3;1H2,2H3;3-4H,2H2,1H3;3H,2H2,1H3;2*3H,1H2,2H3;2*1H3;1H3,(H,3,4);2H2,1H3;1H3,(H,2,3,4);2*2H,1H3/b;;5-3+;;5-3+;;4-3+;;;;;;;;;;;;. The van der Waals surface area contributed by atoms with E-state index >= 15 is 0 Å². The van der Waals surface area contributed by atoms with E-state index in [4.69, 9.17) is 50.2 Å². The number of allylic oxidation sites excluding steroid dienone is 12. The van der Waals surface area contributed by atoms with Crippen molar-refractivity contribution in [2.24, 2.45) is 26.5 Å². The molecule has 0 aliphatic carbocycles. The van der Waals surface area contributed by atoms with Crippen LogP contribution in [-0.2, 0) is 33.9 Å². The molecule has 4 fully saturated rings. The van der Waals surface area contributed by atoms with Crippen LogP contribution in [0.15, 0.2) is 107 Å². The Balaban J connectivity index is -0.0000000434. The zero-order valence-corrected chi connectivity index (χ0v) is 59.8. The van der Waals surface area contributed by atoms with Crippen LogP contribution >= 0.6 is 36.4 Å².